The van der Waals surface area contributed by atoms with Crippen LogP contribution in [0.5, 0.6) is 0 Å². The largest absolute Gasteiger partial charge is 0.374 e. The first-order valence-electron chi connectivity index (χ1n) is 13.7. The monoisotopic (exact) mass is 524 g/mol. The molecule has 0 N–H and O–H groups in total. The average Bonchev–Trinajstić information content (AvgIpc) is 3.63. The molecule has 0 aliphatic carbocycles. The molecule has 5 nitrogen and oxygen atoms in total. The molecule has 3 heterocycles. The molecule has 196 valence electrons. The fraction of sp³-hybridized carbons (Fsp3) is 0.406. The zero-order valence-corrected chi connectivity index (χ0v) is 23.2. The predicted octanol–water partition coefficient (Wildman–Crippen LogP) is 5.41. The van der Waals surface area contributed by atoms with Gasteiger partial charge in [-0.25, -0.2) is 0 Å². The van der Waals surface area contributed by atoms with Gasteiger partial charge in [0.25, 0.3) is 0 Å². The first-order chi connectivity index (χ1) is 18.5. The zero-order chi connectivity index (χ0) is 26.2. The molecule has 0 radical (unpaired) electrons. The molecule has 6 atom stereocenters. The summed E-state index contributed by atoms with van der Waals surface area (Å²) in [6.07, 6.45) is 1.23. The second kappa shape index (κ2) is 10.4. The van der Waals surface area contributed by atoms with E-state index in [2.05, 4.69) is 78.7 Å². The summed E-state index contributed by atoms with van der Waals surface area (Å²) in [5.41, 5.74) is 1.51. The lowest BCUT2D eigenvalue weighted by Gasteiger charge is -2.41. The van der Waals surface area contributed by atoms with Crippen molar-refractivity contribution in [3.8, 4) is 6.07 Å². The Hall–Kier alpha value is -2.79. The molecule has 3 aromatic carbocycles. The van der Waals surface area contributed by atoms with Gasteiger partial charge in [-0.05, 0) is 24.4 Å². The van der Waals surface area contributed by atoms with E-state index >= 15 is 0 Å². The van der Waals surface area contributed by atoms with Crippen molar-refractivity contribution in [3.05, 3.63) is 102 Å². The number of fused-ring (bicyclic) bond motifs is 3. The van der Waals surface area contributed by atoms with Crippen LogP contribution in [0.15, 0.2) is 91.0 Å². The number of ether oxygens (including phenoxy) is 3. The second-order valence-corrected chi connectivity index (χ2v) is 16.4. The molecular formula is C32H36N2O3Si. The maximum atomic E-state index is 10.6. The molecule has 3 aromatic rings. The van der Waals surface area contributed by atoms with Gasteiger partial charge >= 0.3 is 0 Å². The summed E-state index contributed by atoms with van der Waals surface area (Å²) >= 11 is 0. The smallest absolute Gasteiger partial charge is 0.184 e. The summed E-state index contributed by atoms with van der Waals surface area (Å²) in [4.78, 5) is 2.46. The van der Waals surface area contributed by atoms with Crippen LogP contribution in [0, 0.1) is 11.3 Å². The highest BCUT2D eigenvalue weighted by molar-refractivity contribution is 6.89. The third-order valence-corrected chi connectivity index (χ3v) is 12.0. The summed E-state index contributed by atoms with van der Waals surface area (Å²) in [6, 6.07) is 35.3. The van der Waals surface area contributed by atoms with Crippen LogP contribution in [0.25, 0.3) is 0 Å². The van der Waals surface area contributed by atoms with Crippen LogP contribution in [-0.2, 0) is 20.8 Å². The van der Waals surface area contributed by atoms with Gasteiger partial charge in [-0.2, -0.15) is 5.26 Å². The molecule has 0 spiro atoms. The normalized spacial score (nSPS) is 30.6. The summed E-state index contributed by atoms with van der Waals surface area (Å²) in [5, 5.41) is 12.1. The van der Waals surface area contributed by atoms with Crippen molar-refractivity contribution < 1.29 is 14.2 Å². The summed E-state index contributed by atoms with van der Waals surface area (Å²) in [5.74, 6) is 0. The fourth-order valence-electron chi connectivity index (χ4n) is 6.82. The maximum absolute atomic E-state index is 10.6. The van der Waals surface area contributed by atoms with Crippen molar-refractivity contribution in [2.45, 2.75) is 74.7 Å². The molecule has 0 aromatic heterocycles. The molecule has 3 aliphatic heterocycles. The number of nitrogens with zero attached hydrogens (tertiary/aromatic N) is 2. The molecular weight excluding hydrogens is 488 g/mol. The van der Waals surface area contributed by atoms with Crippen LogP contribution in [-0.4, -0.2) is 49.4 Å². The molecule has 3 saturated heterocycles. The minimum Gasteiger partial charge on any atom is -0.374 e. The molecule has 0 amide bonds. The predicted molar refractivity (Wildman–Crippen MR) is 150 cm³/mol. The summed E-state index contributed by atoms with van der Waals surface area (Å²) < 4.78 is 19.6. The number of nitriles is 1. The summed E-state index contributed by atoms with van der Waals surface area (Å²) in [7, 11) is -1.85. The van der Waals surface area contributed by atoms with Crippen LogP contribution in [0.4, 0.5) is 0 Å². The van der Waals surface area contributed by atoms with Crippen molar-refractivity contribution >= 4 is 13.3 Å². The van der Waals surface area contributed by atoms with Gasteiger partial charge in [0.05, 0.1) is 27.4 Å². The highest BCUT2D eigenvalue weighted by Gasteiger charge is 2.64. The molecule has 0 bridgehead atoms. The van der Waals surface area contributed by atoms with E-state index in [1.54, 1.807) is 0 Å². The van der Waals surface area contributed by atoms with Gasteiger partial charge in [0, 0.05) is 17.6 Å². The van der Waals surface area contributed by atoms with E-state index in [0.717, 1.165) is 30.0 Å². The highest BCUT2D eigenvalue weighted by atomic mass is 28.3. The zero-order valence-electron chi connectivity index (χ0n) is 22.2. The minimum absolute atomic E-state index is 0.0462. The highest BCUT2D eigenvalue weighted by Crippen LogP contribution is 2.52. The van der Waals surface area contributed by atoms with E-state index in [-0.39, 0.29) is 30.6 Å². The third-order valence-electron chi connectivity index (χ3n) is 8.71. The molecule has 6 heteroatoms. The Labute approximate surface area is 227 Å². The Balaban J connectivity index is 1.29. The van der Waals surface area contributed by atoms with Crippen LogP contribution >= 0.6 is 0 Å². The first kappa shape index (κ1) is 25.5. The minimum atomic E-state index is -1.85. The van der Waals surface area contributed by atoms with Crippen molar-refractivity contribution in [3.63, 3.8) is 0 Å². The summed E-state index contributed by atoms with van der Waals surface area (Å²) in [6.45, 7) is 5.77. The Morgan fingerprint density at radius 1 is 0.921 bits per heavy atom. The van der Waals surface area contributed by atoms with Crippen LogP contribution < -0.4 is 5.19 Å². The lowest BCUT2D eigenvalue weighted by atomic mass is 9.95. The van der Waals surface area contributed by atoms with Crippen LogP contribution in [0.2, 0.25) is 19.1 Å². The molecule has 0 saturated carbocycles. The average molecular weight is 525 g/mol. The van der Waals surface area contributed by atoms with Crippen LogP contribution in [0.1, 0.15) is 30.3 Å². The lowest BCUT2D eigenvalue weighted by Crippen LogP contribution is -2.56. The fourth-order valence-corrected chi connectivity index (χ4v) is 9.63. The number of rotatable bonds is 8. The van der Waals surface area contributed by atoms with E-state index in [0.29, 0.717) is 13.2 Å². The Kier molecular flexibility index (Phi) is 6.98. The maximum Gasteiger partial charge on any atom is 0.184 e. The van der Waals surface area contributed by atoms with Gasteiger partial charge in [-0.15, -0.1) is 0 Å². The second-order valence-electron chi connectivity index (χ2n) is 11.6. The van der Waals surface area contributed by atoms with Crippen molar-refractivity contribution in [2.24, 2.45) is 0 Å². The van der Waals surface area contributed by atoms with Gasteiger partial charge in [0.15, 0.2) is 6.29 Å². The van der Waals surface area contributed by atoms with Gasteiger partial charge < -0.3 is 14.2 Å². The van der Waals surface area contributed by atoms with Crippen molar-refractivity contribution in [2.75, 3.05) is 6.61 Å². The molecule has 6 rings (SSSR count). The van der Waals surface area contributed by atoms with Crippen molar-refractivity contribution in [1.29, 1.82) is 5.26 Å². The SMILES string of the molecule is C[Si](C)(C[C@@H]1[C@H]2O[C@@H](c3ccccc3)O[C@H]2[C@H]2CCC(C#N)(COCc3ccccc3)N21)c1ccccc1. The van der Waals surface area contributed by atoms with E-state index in [9.17, 15) is 5.26 Å². The molecule has 3 aliphatic rings. The van der Waals surface area contributed by atoms with E-state index in [1.165, 1.54) is 5.19 Å². The van der Waals surface area contributed by atoms with Crippen molar-refractivity contribution in [1.82, 2.24) is 4.90 Å². The van der Waals surface area contributed by atoms with Gasteiger partial charge in [0.1, 0.15) is 17.7 Å². The van der Waals surface area contributed by atoms with Gasteiger partial charge in [0.2, 0.25) is 0 Å². The topological polar surface area (TPSA) is 54.7 Å². The Bertz CT molecular complexity index is 1270. The Morgan fingerprint density at radius 2 is 1.55 bits per heavy atom. The van der Waals surface area contributed by atoms with E-state index in [1.807, 2.05) is 36.4 Å². The first-order valence-corrected chi connectivity index (χ1v) is 16.9. The standard InChI is InChI=1S/C32H36N2O3Si/c1-38(2,26-16-10-5-11-17-26)21-28-30-29(36-31(37-30)25-14-8-4-9-15-25)27-18-19-32(22-33,34(27)28)23-35-20-24-12-6-3-7-13-24/h3-17,27-31H,18-21,23H2,1-2H3/t27-,28-,29+,30-,31+,32?/m1/s1. The molecule has 3 fully saturated rings. The van der Waals surface area contributed by atoms with E-state index in [4.69, 9.17) is 14.2 Å². The lowest BCUT2D eigenvalue weighted by molar-refractivity contribution is -0.106. The van der Waals surface area contributed by atoms with Gasteiger partial charge in [-0.1, -0.05) is 109 Å². The Morgan fingerprint density at radius 3 is 2.24 bits per heavy atom. The van der Waals surface area contributed by atoms with Crippen LogP contribution in [0.3, 0.4) is 0 Å². The quantitative estimate of drug-likeness (QED) is 0.369. The molecule has 38 heavy (non-hydrogen) atoms. The van der Waals surface area contributed by atoms with Gasteiger partial charge in [-0.3, -0.25) is 4.90 Å². The third kappa shape index (κ3) is 4.63. The number of benzene rings is 3. The molecule has 1 unspecified atom stereocenters. The number of hydrogen-bond donors (Lipinski definition) is 0. The van der Waals surface area contributed by atoms with E-state index < -0.39 is 13.6 Å². The number of hydrogen-bond acceptors (Lipinski definition) is 5.